The summed E-state index contributed by atoms with van der Waals surface area (Å²) < 4.78 is 2.88. The molecule has 1 aliphatic rings. The van der Waals surface area contributed by atoms with Gasteiger partial charge in [-0.15, -0.1) is 11.3 Å². The normalized spacial score (nSPS) is 14.8. The van der Waals surface area contributed by atoms with Crippen molar-refractivity contribution in [3.05, 3.63) is 97.1 Å². The number of benzene rings is 2. The van der Waals surface area contributed by atoms with Gasteiger partial charge in [0.05, 0.1) is 23.5 Å². The molecule has 0 spiro atoms. The molecular weight excluding hydrogens is 570 g/mol. The molecule has 1 fully saturated rings. The molecule has 6 nitrogen and oxygen atoms in total. The number of para-hydroxylation sites is 1. The number of thiophene rings is 1. The molecule has 1 aliphatic heterocycles. The second-order valence-electron chi connectivity index (χ2n) is 8.63. The molecule has 4 aromatic rings. The fourth-order valence-corrected chi connectivity index (χ4v) is 6.09. The topological polar surface area (TPSA) is 71.4 Å². The molecule has 0 saturated carbocycles. The quantitative estimate of drug-likeness (QED) is 0.234. The Morgan fingerprint density at radius 3 is 2.62 bits per heavy atom. The van der Waals surface area contributed by atoms with Crippen molar-refractivity contribution < 1.29 is 14.4 Å². The van der Waals surface area contributed by atoms with E-state index in [-0.39, 0.29) is 30.1 Å². The van der Waals surface area contributed by atoms with E-state index in [1.54, 1.807) is 17.4 Å². The Labute approximate surface area is 231 Å². The van der Waals surface area contributed by atoms with Gasteiger partial charge in [0.1, 0.15) is 6.54 Å². The number of imide groups is 1. The van der Waals surface area contributed by atoms with Gasteiger partial charge in [0.15, 0.2) is 0 Å². The summed E-state index contributed by atoms with van der Waals surface area (Å²) in [6, 6.07) is 17.5. The fourth-order valence-electron chi connectivity index (χ4n) is 4.35. The van der Waals surface area contributed by atoms with Crippen molar-refractivity contribution in [2.75, 3.05) is 0 Å². The van der Waals surface area contributed by atoms with E-state index in [2.05, 4.69) is 34.2 Å². The molecule has 3 heterocycles. The van der Waals surface area contributed by atoms with Crippen LogP contribution < -0.4 is 5.32 Å². The number of nitrogens with one attached hydrogen (secondary N) is 1. The van der Waals surface area contributed by atoms with Gasteiger partial charge in [-0.05, 0) is 59.0 Å². The van der Waals surface area contributed by atoms with Gasteiger partial charge in [-0.25, -0.2) is 0 Å². The molecule has 2 aromatic carbocycles. The summed E-state index contributed by atoms with van der Waals surface area (Å²) in [6.07, 6.45) is 4.48. The molecule has 5 rings (SSSR count). The van der Waals surface area contributed by atoms with Crippen LogP contribution in [-0.4, -0.2) is 26.5 Å². The number of aryl methyl sites for hydroxylation is 1. The van der Waals surface area contributed by atoms with E-state index in [0.29, 0.717) is 11.4 Å². The van der Waals surface area contributed by atoms with Crippen LogP contribution >= 0.6 is 39.0 Å². The third kappa shape index (κ3) is 5.58. The highest BCUT2D eigenvalue weighted by Gasteiger charge is 2.35. The lowest BCUT2D eigenvalue weighted by atomic mass is 10.1. The van der Waals surface area contributed by atoms with Crippen LogP contribution in [0.2, 0.25) is 0 Å². The van der Waals surface area contributed by atoms with Crippen LogP contribution in [0.25, 0.3) is 17.0 Å². The number of amides is 3. The molecule has 0 aliphatic carbocycles. The lowest BCUT2D eigenvalue weighted by Crippen LogP contribution is -2.27. The number of carbonyl (C=O) groups is 3. The van der Waals surface area contributed by atoms with Gasteiger partial charge in [-0.2, -0.15) is 0 Å². The molecule has 0 bridgehead atoms. The van der Waals surface area contributed by atoms with Crippen molar-refractivity contribution >= 4 is 73.1 Å². The summed E-state index contributed by atoms with van der Waals surface area (Å²) in [5.74, 6) is -0.392. The average molecular weight is 595 g/mol. The van der Waals surface area contributed by atoms with E-state index >= 15 is 0 Å². The molecule has 0 radical (unpaired) electrons. The van der Waals surface area contributed by atoms with Crippen molar-refractivity contribution in [3.8, 4) is 0 Å². The van der Waals surface area contributed by atoms with Crippen molar-refractivity contribution in [2.24, 2.45) is 0 Å². The van der Waals surface area contributed by atoms with Crippen LogP contribution in [0.1, 0.15) is 28.5 Å². The smallest absolute Gasteiger partial charge is 0.293 e. The number of halogens is 1. The first-order valence-electron chi connectivity index (χ1n) is 11.8. The first kappa shape index (κ1) is 25.5. The van der Waals surface area contributed by atoms with Crippen molar-refractivity contribution in [1.29, 1.82) is 0 Å². The van der Waals surface area contributed by atoms with E-state index in [1.807, 2.05) is 64.7 Å². The number of thioether (sulfide) groups is 1. The van der Waals surface area contributed by atoms with Crippen LogP contribution in [0.5, 0.6) is 0 Å². The van der Waals surface area contributed by atoms with Gasteiger partial charge >= 0.3 is 0 Å². The minimum atomic E-state index is -0.306. The summed E-state index contributed by atoms with van der Waals surface area (Å²) in [5, 5.41) is 5.64. The van der Waals surface area contributed by atoms with Crippen LogP contribution in [0, 0.1) is 0 Å². The highest BCUT2D eigenvalue weighted by atomic mass is 79.9. The zero-order chi connectivity index (χ0) is 25.9. The standard InChI is InChI=1S/C28H24BrN3O3S2/c1-2-19-5-3-7-23-20(16-31(26(19)23)17-25(33)30-14-22-6-4-12-36-22)13-24-27(34)32(28(35)37-24)15-18-8-10-21(29)11-9-18/h3-13,16H,2,14-15,17H2,1H3,(H,30,33)/b24-13-. The van der Waals surface area contributed by atoms with E-state index in [0.717, 1.165) is 55.1 Å². The number of carbonyl (C=O) groups excluding carboxylic acids is 3. The van der Waals surface area contributed by atoms with E-state index in [4.69, 9.17) is 0 Å². The van der Waals surface area contributed by atoms with Gasteiger partial charge in [0.25, 0.3) is 11.1 Å². The summed E-state index contributed by atoms with van der Waals surface area (Å²) in [6.45, 7) is 2.96. The maximum Gasteiger partial charge on any atom is 0.293 e. The average Bonchev–Trinajstić information content (AvgIpc) is 3.60. The maximum absolute atomic E-state index is 13.2. The number of nitrogens with zero attached hydrogens (tertiary/aromatic N) is 2. The Kier molecular flexibility index (Phi) is 7.64. The highest BCUT2D eigenvalue weighted by molar-refractivity contribution is 9.10. The molecule has 2 aromatic heterocycles. The number of hydrogen-bond acceptors (Lipinski definition) is 5. The monoisotopic (exact) mass is 593 g/mol. The highest BCUT2D eigenvalue weighted by Crippen LogP contribution is 2.35. The molecule has 0 unspecified atom stereocenters. The second kappa shape index (κ2) is 11.1. The summed E-state index contributed by atoms with van der Waals surface area (Å²) >= 11 is 5.96. The molecule has 0 atom stereocenters. The maximum atomic E-state index is 13.2. The van der Waals surface area contributed by atoms with E-state index in [9.17, 15) is 14.4 Å². The molecule has 37 heavy (non-hydrogen) atoms. The van der Waals surface area contributed by atoms with Crippen molar-refractivity contribution in [1.82, 2.24) is 14.8 Å². The minimum Gasteiger partial charge on any atom is -0.350 e. The van der Waals surface area contributed by atoms with Crippen LogP contribution in [0.4, 0.5) is 4.79 Å². The predicted octanol–water partition coefficient (Wildman–Crippen LogP) is 6.58. The Balaban J connectivity index is 1.42. The first-order valence-corrected chi connectivity index (χ1v) is 14.3. The molecule has 9 heteroatoms. The number of aromatic nitrogens is 1. The third-order valence-corrected chi connectivity index (χ3v) is 8.47. The lowest BCUT2D eigenvalue weighted by Gasteiger charge is -2.12. The number of fused-ring (bicyclic) bond motifs is 1. The predicted molar refractivity (Wildman–Crippen MR) is 153 cm³/mol. The minimum absolute atomic E-state index is 0.0856. The van der Waals surface area contributed by atoms with Crippen molar-refractivity contribution in [2.45, 2.75) is 33.0 Å². The van der Waals surface area contributed by atoms with Crippen LogP contribution in [0.3, 0.4) is 0 Å². The third-order valence-electron chi connectivity index (χ3n) is 6.16. The van der Waals surface area contributed by atoms with Crippen molar-refractivity contribution in [3.63, 3.8) is 0 Å². The summed E-state index contributed by atoms with van der Waals surface area (Å²) in [4.78, 5) is 41.4. The lowest BCUT2D eigenvalue weighted by molar-refractivity contribution is -0.123. The number of rotatable bonds is 8. The van der Waals surface area contributed by atoms with Gasteiger partial charge in [-0.3, -0.25) is 19.3 Å². The van der Waals surface area contributed by atoms with Gasteiger partial charge < -0.3 is 9.88 Å². The largest absolute Gasteiger partial charge is 0.350 e. The van der Waals surface area contributed by atoms with Gasteiger partial charge in [-0.1, -0.05) is 59.3 Å². The zero-order valence-corrected chi connectivity index (χ0v) is 23.3. The summed E-state index contributed by atoms with van der Waals surface area (Å²) in [7, 11) is 0. The Morgan fingerprint density at radius 2 is 1.89 bits per heavy atom. The Morgan fingerprint density at radius 1 is 1.08 bits per heavy atom. The van der Waals surface area contributed by atoms with Gasteiger partial charge in [0, 0.05) is 26.5 Å². The summed E-state index contributed by atoms with van der Waals surface area (Å²) in [5.41, 5.74) is 3.78. The zero-order valence-electron chi connectivity index (χ0n) is 20.1. The van der Waals surface area contributed by atoms with Gasteiger partial charge in [0.2, 0.25) is 5.91 Å². The SMILES string of the molecule is CCc1cccc2c(/C=C3\SC(=O)N(Cc4ccc(Br)cc4)C3=O)cn(CC(=O)NCc3cccs3)c12. The van der Waals surface area contributed by atoms with Crippen LogP contribution in [0.15, 0.2) is 75.6 Å². The molecule has 3 amide bonds. The Bertz CT molecular complexity index is 1510. The molecule has 1 N–H and O–H groups in total. The molecule has 1 saturated heterocycles. The van der Waals surface area contributed by atoms with E-state index in [1.165, 1.54) is 4.90 Å². The molecular formula is C28H24BrN3O3S2. The number of hydrogen-bond donors (Lipinski definition) is 1. The molecule has 188 valence electrons. The van der Waals surface area contributed by atoms with Crippen LogP contribution in [-0.2, 0) is 35.6 Å². The fraction of sp³-hybridized carbons (Fsp3) is 0.179. The van der Waals surface area contributed by atoms with E-state index < -0.39 is 0 Å². The Hall–Kier alpha value is -3.14. The second-order valence-corrected chi connectivity index (χ2v) is 11.6. The first-order chi connectivity index (χ1) is 17.9.